The Morgan fingerprint density at radius 3 is 2.62 bits per heavy atom. The zero-order chi connectivity index (χ0) is 20.7. The number of anilines is 1. The van der Waals surface area contributed by atoms with Crippen LogP contribution in [0.1, 0.15) is 52.1 Å². The molecule has 0 bridgehead atoms. The number of carbonyl (C=O) groups is 2. The second-order valence-corrected chi connectivity index (χ2v) is 7.52. The Bertz CT molecular complexity index is 1060. The molecule has 2 amide bonds. The number of nitrogens with one attached hydrogen (secondary N) is 2. The van der Waals surface area contributed by atoms with Crippen molar-refractivity contribution in [1.29, 1.82) is 0 Å². The molecule has 4 rings (SSSR count). The second-order valence-electron chi connectivity index (χ2n) is 7.52. The van der Waals surface area contributed by atoms with Gasteiger partial charge in [-0.25, -0.2) is 0 Å². The number of carbonyl (C=O) groups excluding carboxylic acids is 2. The molecule has 2 aliphatic heterocycles. The lowest BCUT2D eigenvalue weighted by atomic mass is 10.0. The lowest BCUT2D eigenvalue weighted by Gasteiger charge is -2.27. The predicted molar refractivity (Wildman–Crippen MR) is 110 cm³/mol. The van der Waals surface area contributed by atoms with Gasteiger partial charge in [-0.2, -0.15) is 0 Å². The number of nitro groups is 1. The van der Waals surface area contributed by atoms with Gasteiger partial charge >= 0.3 is 0 Å². The first kappa shape index (κ1) is 18.9. The molecule has 8 nitrogen and oxygen atoms in total. The Morgan fingerprint density at radius 1 is 1.21 bits per heavy atom. The maximum Gasteiger partial charge on any atom is 0.270 e. The summed E-state index contributed by atoms with van der Waals surface area (Å²) in [5.41, 5.74) is 4.11. The minimum absolute atomic E-state index is 0.00696. The summed E-state index contributed by atoms with van der Waals surface area (Å²) in [4.78, 5) is 41.2. The van der Waals surface area contributed by atoms with Crippen LogP contribution < -0.4 is 5.32 Å². The van der Waals surface area contributed by atoms with Crippen LogP contribution in [0.4, 0.5) is 11.4 Å². The Morgan fingerprint density at radius 2 is 1.93 bits per heavy atom. The summed E-state index contributed by atoms with van der Waals surface area (Å²) in [6.07, 6.45) is 4.84. The largest absolute Gasteiger partial charge is 0.358 e. The van der Waals surface area contributed by atoms with E-state index in [-0.39, 0.29) is 17.5 Å². The smallest absolute Gasteiger partial charge is 0.270 e. The average Bonchev–Trinajstić information content (AvgIpc) is 3.17. The lowest BCUT2D eigenvalue weighted by molar-refractivity contribution is -0.384. The topological polar surface area (TPSA) is 108 Å². The van der Waals surface area contributed by atoms with Crippen LogP contribution in [0.3, 0.4) is 0 Å². The Balaban J connectivity index is 1.73. The van der Waals surface area contributed by atoms with E-state index < -0.39 is 4.92 Å². The molecule has 0 radical (unpaired) electrons. The fourth-order valence-corrected chi connectivity index (χ4v) is 4.07. The summed E-state index contributed by atoms with van der Waals surface area (Å²) < 4.78 is 0. The van der Waals surface area contributed by atoms with Gasteiger partial charge in [0, 0.05) is 47.9 Å². The Labute approximate surface area is 167 Å². The monoisotopic (exact) mass is 394 g/mol. The number of likely N-dealkylation sites (tertiary alicyclic amines) is 1. The highest BCUT2D eigenvalue weighted by molar-refractivity contribution is 6.35. The van der Waals surface area contributed by atoms with Gasteiger partial charge < -0.3 is 15.2 Å². The number of amides is 2. The van der Waals surface area contributed by atoms with Gasteiger partial charge in [-0.05, 0) is 50.8 Å². The van der Waals surface area contributed by atoms with Gasteiger partial charge in [0.1, 0.15) is 0 Å². The Kier molecular flexibility index (Phi) is 4.70. The number of rotatable bonds is 3. The molecule has 0 atom stereocenters. The maximum absolute atomic E-state index is 13.0. The zero-order valence-corrected chi connectivity index (χ0v) is 16.4. The minimum atomic E-state index is -0.486. The molecular weight excluding hydrogens is 372 g/mol. The third-order valence-electron chi connectivity index (χ3n) is 5.62. The van der Waals surface area contributed by atoms with Gasteiger partial charge in [0.05, 0.1) is 16.1 Å². The van der Waals surface area contributed by atoms with E-state index in [1.807, 2.05) is 18.7 Å². The molecule has 1 fully saturated rings. The number of piperidine rings is 1. The van der Waals surface area contributed by atoms with Crippen LogP contribution in [0.5, 0.6) is 0 Å². The first-order valence-corrected chi connectivity index (χ1v) is 9.67. The molecule has 3 heterocycles. The van der Waals surface area contributed by atoms with Gasteiger partial charge in [-0.15, -0.1) is 0 Å². The molecule has 0 spiro atoms. The average molecular weight is 394 g/mol. The van der Waals surface area contributed by atoms with Gasteiger partial charge in [-0.3, -0.25) is 19.7 Å². The number of nitro benzene ring substituents is 1. The molecular formula is C21H22N4O4. The van der Waals surface area contributed by atoms with Crippen molar-refractivity contribution < 1.29 is 14.5 Å². The van der Waals surface area contributed by atoms with Crippen molar-refractivity contribution in [3.05, 3.63) is 56.4 Å². The number of hydrogen-bond donors (Lipinski definition) is 2. The minimum Gasteiger partial charge on any atom is -0.358 e. The highest BCUT2D eigenvalue weighted by Gasteiger charge is 2.28. The lowest BCUT2D eigenvalue weighted by Crippen LogP contribution is -2.36. The Hall–Kier alpha value is -3.42. The predicted octanol–water partition coefficient (Wildman–Crippen LogP) is 3.66. The summed E-state index contributed by atoms with van der Waals surface area (Å²) in [6, 6.07) is 4.29. The van der Waals surface area contributed by atoms with Crippen molar-refractivity contribution in [3.8, 4) is 0 Å². The van der Waals surface area contributed by atoms with Crippen molar-refractivity contribution in [2.24, 2.45) is 0 Å². The van der Waals surface area contributed by atoms with E-state index in [2.05, 4.69) is 10.3 Å². The van der Waals surface area contributed by atoms with Gasteiger partial charge in [0.15, 0.2) is 0 Å². The number of aromatic amines is 1. The van der Waals surface area contributed by atoms with Crippen LogP contribution in [0.15, 0.2) is 18.2 Å². The molecule has 29 heavy (non-hydrogen) atoms. The number of hydrogen-bond acceptors (Lipinski definition) is 4. The normalized spacial score (nSPS) is 17.4. The number of aryl methyl sites for hydroxylation is 1. The summed E-state index contributed by atoms with van der Waals surface area (Å²) >= 11 is 0. The van der Waals surface area contributed by atoms with E-state index in [4.69, 9.17) is 0 Å². The van der Waals surface area contributed by atoms with Crippen molar-refractivity contribution in [2.45, 2.75) is 33.1 Å². The second kappa shape index (κ2) is 7.20. The molecule has 0 saturated carbocycles. The van der Waals surface area contributed by atoms with Gasteiger partial charge in [0.25, 0.3) is 17.5 Å². The molecule has 150 valence electrons. The van der Waals surface area contributed by atoms with Crippen molar-refractivity contribution in [1.82, 2.24) is 9.88 Å². The van der Waals surface area contributed by atoms with E-state index in [1.54, 1.807) is 6.08 Å². The van der Waals surface area contributed by atoms with E-state index in [0.717, 1.165) is 43.6 Å². The van der Waals surface area contributed by atoms with E-state index >= 15 is 0 Å². The summed E-state index contributed by atoms with van der Waals surface area (Å²) in [5.74, 6) is -0.316. The molecule has 1 saturated heterocycles. The third kappa shape index (κ3) is 3.30. The molecule has 2 N–H and O–H groups in total. The third-order valence-corrected chi connectivity index (χ3v) is 5.62. The molecule has 0 unspecified atom stereocenters. The fourth-order valence-electron chi connectivity index (χ4n) is 4.07. The van der Waals surface area contributed by atoms with Crippen molar-refractivity contribution in [3.63, 3.8) is 0 Å². The standard InChI is InChI=1S/C21H22N4O4/c1-12-18(22-13(2)19(12)21(27)24-8-4-3-5-9-24)11-16-15-10-14(25(28)29)6-7-17(15)23-20(16)26/h6-7,10-11,22H,3-5,8-9H2,1-2H3,(H,23,26)/b16-11-. The quantitative estimate of drug-likeness (QED) is 0.470. The molecule has 2 aliphatic rings. The molecule has 8 heteroatoms. The summed E-state index contributed by atoms with van der Waals surface area (Å²) in [7, 11) is 0. The van der Waals surface area contributed by atoms with Crippen LogP contribution in [-0.4, -0.2) is 39.7 Å². The number of fused-ring (bicyclic) bond motifs is 1. The van der Waals surface area contributed by atoms with E-state index in [9.17, 15) is 19.7 Å². The zero-order valence-electron chi connectivity index (χ0n) is 16.4. The highest BCUT2D eigenvalue weighted by Crippen LogP contribution is 2.36. The van der Waals surface area contributed by atoms with Gasteiger partial charge in [0.2, 0.25) is 0 Å². The first-order valence-electron chi connectivity index (χ1n) is 9.67. The maximum atomic E-state index is 13.0. The first-order chi connectivity index (χ1) is 13.9. The molecule has 1 aromatic heterocycles. The van der Waals surface area contributed by atoms with E-state index in [1.165, 1.54) is 18.2 Å². The number of aromatic nitrogens is 1. The van der Waals surface area contributed by atoms with Gasteiger partial charge in [-0.1, -0.05) is 0 Å². The van der Waals surface area contributed by atoms with Crippen LogP contribution in [-0.2, 0) is 4.79 Å². The number of nitrogens with zero attached hydrogens (tertiary/aromatic N) is 2. The molecule has 0 aliphatic carbocycles. The van der Waals surface area contributed by atoms with Crippen molar-refractivity contribution >= 4 is 34.8 Å². The van der Waals surface area contributed by atoms with Crippen molar-refractivity contribution in [2.75, 3.05) is 18.4 Å². The summed E-state index contributed by atoms with van der Waals surface area (Å²) in [6.45, 7) is 5.23. The van der Waals surface area contributed by atoms with Crippen LogP contribution in [0, 0.1) is 24.0 Å². The summed E-state index contributed by atoms with van der Waals surface area (Å²) in [5, 5.41) is 13.8. The van der Waals surface area contributed by atoms with Crippen LogP contribution in [0.2, 0.25) is 0 Å². The number of H-pyrrole nitrogens is 1. The molecule has 1 aromatic carbocycles. The van der Waals surface area contributed by atoms with Crippen LogP contribution in [0.25, 0.3) is 11.6 Å². The highest BCUT2D eigenvalue weighted by atomic mass is 16.6. The van der Waals surface area contributed by atoms with Crippen LogP contribution >= 0.6 is 0 Å². The number of non-ortho nitro benzene ring substituents is 1. The molecule has 2 aromatic rings. The van der Waals surface area contributed by atoms with E-state index in [0.29, 0.717) is 28.1 Å². The fraction of sp³-hybridized carbons (Fsp3) is 0.333. The SMILES string of the molecule is Cc1[nH]c(/C=C2\C(=O)Nc3ccc([N+](=O)[O-])cc32)c(C)c1C(=O)N1CCCCC1. The number of benzene rings is 1.